The fourth-order valence-corrected chi connectivity index (χ4v) is 2.51. The summed E-state index contributed by atoms with van der Waals surface area (Å²) in [5.41, 5.74) is 6.38. The highest BCUT2D eigenvalue weighted by atomic mass is 35.5. The number of aromatic hydroxyl groups is 1. The summed E-state index contributed by atoms with van der Waals surface area (Å²) < 4.78 is 0. The molecule has 1 aromatic rings. The molecule has 0 bridgehead atoms. The van der Waals surface area contributed by atoms with E-state index in [1.54, 1.807) is 6.07 Å². The topological polar surface area (TPSA) is 75.4 Å². The first-order chi connectivity index (χ1) is 9.74. The van der Waals surface area contributed by atoms with Crippen LogP contribution in [-0.4, -0.2) is 17.6 Å². The molecule has 21 heavy (non-hydrogen) atoms. The summed E-state index contributed by atoms with van der Waals surface area (Å²) >= 11 is 5.81. The van der Waals surface area contributed by atoms with Gasteiger partial charge in [-0.15, -0.1) is 0 Å². The molecule has 5 heteroatoms. The van der Waals surface area contributed by atoms with Crippen LogP contribution in [0.5, 0.6) is 5.75 Å². The Bertz CT molecular complexity index is 484. The van der Waals surface area contributed by atoms with Gasteiger partial charge in [0, 0.05) is 12.1 Å². The number of benzene rings is 1. The monoisotopic (exact) mass is 312 g/mol. The predicted molar refractivity (Wildman–Crippen MR) is 87.6 cm³/mol. The molecule has 118 valence electrons. The molecule has 0 spiro atoms. The Kier molecular flexibility index (Phi) is 6.49. The van der Waals surface area contributed by atoms with E-state index >= 15 is 0 Å². The van der Waals surface area contributed by atoms with Crippen molar-refractivity contribution in [1.29, 1.82) is 0 Å². The van der Waals surface area contributed by atoms with Crippen LogP contribution in [0, 0.1) is 11.3 Å². The Morgan fingerprint density at radius 2 is 2.05 bits per heavy atom. The fraction of sp³-hybridized carbons (Fsp3) is 0.562. The Labute approximate surface area is 131 Å². The highest BCUT2D eigenvalue weighted by Gasteiger charge is 2.24. The van der Waals surface area contributed by atoms with Crippen molar-refractivity contribution in [1.82, 2.24) is 0 Å². The Balaban J connectivity index is 2.54. The number of phenolic OH excluding ortho intramolecular Hbond substituents is 1. The van der Waals surface area contributed by atoms with Gasteiger partial charge in [0.2, 0.25) is 5.91 Å². The van der Waals surface area contributed by atoms with Gasteiger partial charge >= 0.3 is 0 Å². The van der Waals surface area contributed by atoms with Crippen LogP contribution >= 0.6 is 11.6 Å². The lowest BCUT2D eigenvalue weighted by molar-refractivity contribution is -0.116. The van der Waals surface area contributed by atoms with E-state index < -0.39 is 0 Å². The van der Waals surface area contributed by atoms with Gasteiger partial charge in [-0.05, 0) is 48.9 Å². The van der Waals surface area contributed by atoms with Crippen LogP contribution in [0.15, 0.2) is 18.2 Å². The summed E-state index contributed by atoms with van der Waals surface area (Å²) in [6.07, 6.45) is 2.17. The number of hydrogen-bond acceptors (Lipinski definition) is 3. The number of phenols is 1. The maximum Gasteiger partial charge on any atom is 0.224 e. The Hall–Kier alpha value is -1.26. The van der Waals surface area contributed by atoms with Crippen LogP contribution in [0.4, 0.5) is 5.69 Å². The number of anilines is 1. The van der Waals surface area contributed by atoms with Crippen molar-refractivity contribution in [2.45, 2.75) is 40.0 Å². The van der Waals surface area contributed by atoms with E-state index in [1.807, 2.05) is 0 Å². The number of carbonyl (C=O) groups excluding carboxylic acids is 1. The van der Waals surface area contributed by atoms with Crippen molar-refractivity contribution in [2.24, 2.45) is 17.1 Å². The zero-order valence-corrected chi connectivity index (χ0v) is 13.7. The molecular weight excluding hydrogens is 288 g/mol. The van der Waals surface area contributed by atoms with E-state index in [4.69, 9.17) is 17.3 Å². The van der Waals surface area contributed by atoms with Crippen LogP contribution in [0.3, 0.4) is 0 Å². The van der Waals surface area contributed by atoms with Gasteiger partial charge in [0.1, 0.15) is 5.75 Å². The van der Waals surface area contributed by atoms with E-state index in [9.17, 15) is 9.90 Å². The van der Waals surface area contributed by atoms with Crippen LogP contribution < -0.4 is 11.1 Å². The molecule has 1 rings (SSSR count). The average Bonchev–Trinajstić information content (AvgIpc) is 2.37. The zero-order valence-electron chi connectivity index (χ0n) is 12.9. The smallest absolute Gasteiger partial charge is 0.224 e. The third-order valence-electron chi connectivity index (χ3n) is 3.69. The van der Waals surface area contributed by atoms with Crippen molar-refractivity contribution in [3.63, 3.8) is 0 Å². The largest absolute Gasteiger partial charge is 0.506 e. The van der Waals surface area contributed by atoms with Gasteiger partial charge in [0.05, 0.1) is 5.02 Å². The van der Waals surface area contributed by atoms with Gasteiger partial charge in [-0.25, -0.2) is 0 Å². The average molecular weight is 313 g/mol. The predicted octanol–water partition coefficient (Wildman–Crippen LogP) is 3.78. The quantitative estimate of drug-likeness (QED) is 0.700. The number of carbonyl (C=O) groups is 1. The molecule has 1 atom stereocenters. The first kappa shape index (κ1) is 17.8. The Morgan fingerprint density at radius 3 is 2.57 bits per heavy atom. The number of halogens is 1. The fourth-order valence-electron chi connectivity index (χ4n) is 2.33. The van der Waals surface area contributed by atoms with Gasteiger partial charge in [0.15, 0.2) is 0 Å². The molecule has 0 aromatic heterocycles. The van der Waals surface area contributed by atoms with Gasteiger partial charge < -0.3 is 16.2 Å². The summed E-state index contributed by atoms with van der Waals surface area (Å²) in [5.74, 6) is 0.366. The molecule has 0 radical (unpaired) electrons. The maximum absolute atomic E-state index is 12.0. The second-order valence-corrected chi connectivity index (χ2v) is 6.80. The number of rotatable bonds is 6. The van der Waals surface area contributed by atoms with Gasteiger partial charge in [0.25, 0.3) is 0 Å². The molecular formula is C16H25ClN2O2. The summed E-state index contributed by atoms with van der Waals surface area (Å²) in [6.45, 7) is 7.15. The van der Waals surface area contributed by atoms with Crippen molar-refractivity contribution >= 4 is 23.2 Å². The molecule has 0 fully saturated rings. The second kappa shape index (κ2) is 7.66. The van der Waals surface area contributed by atoms with Crippen molar-refractivity contribution in [3.8, 4) is 5.75 Å². The molecule has 0 heterocycles. The molecule has 0 aliphatic heterocycles. The molecule has 1 aromatic carbocycles. The first-order valence-electron chi connectivity index (χ1n) is 7.22. The summed E-state index contributed by atoms with van der Waals surface area (Å²) in [4.78, 5) is 12.0. The van der Waals surface area contributed by atoms with Crippen LogP contribution in [0.2, 0.25) is 5.02 Å². The van der Waals surface area contributed by atoms with E-state index in [-0.39, 0.29) is 22.1 Å². The SMILES string of the molecule is CC(C)(C)C(CCN)CCC(=O)Nc1ccc(O)c(Cl)c1. The normalized spacial score (nSPS) is 13.0. The molecule has 1 amide bonds. The van der Waals surface area contributed by atoms with E-state index in [2.05, 4.69) is 26.1 Å². The van der Waals surface area contributed by atoms with Crippen molar-refractivity contribution < 1.29 is 9.90 Å². The Morgan fingerprint density at radius 1 is 1.38 bits per heavy atom. The van der Waals surface area contributed by atoms with Gasteiger partial charge in [-0.2, -0.15) is 0 Å². The number of nitrogens with one attached hydrogen (secondary N) is 1. The lowest BCUT2D eigenvalue weighted by Crippen LogP contribution is -2.25. The van der Waals surface area contributed by atoms with Crippen molar-refractivity contribution in [3.05, 3.63) is 23.2 Å². The number of hydrogen-bond donors (Lipinski definition) is 3. The van der Waals surface area contributed by atoms with Gasteiger partial charge in [-0.1, -0.05) is 32.4 Å². The molecule has 0 saturated carbocycles. The molecule has 0 saturated heterocycles. The maximum atomic E-state index is 12.0. The lowest BCUT2D eigenvalue weighted by atomic mass is 9.76. The molecule has 0 aliphatic carbocycles. The lowest BCUT2D eigenvalue weighted by Gasteiger charge is -2.30. The molecule has 1 unspecified atom stereocenters. The minimum absolute atomic E-state index is 0.00501. The van der Waals surface area contributed by atoms with Gasteiger partial charge in [-0.3, -0.25) is 4.79 Å². The minimum Gasteiger partial charge on any atom is -0.506 e. The first-order valence-corrected chi connectivity index (χ1v) is 7.60. The van der Waals surface area contributed by atoms with E-state index in [1.165, 1.54) is 12.1 Å². The standard InChI is InChI=1S/C16H25ClN2O2/c1-16(2,3)11(8-9-18)4-7-15(21)19-12-5-6-14(20)13(17)10-12/h5-6,10-11,20H,4,7-9,18H2,1-3H3,(H,19,21). The van der Waals surface area contributed by atoms with E-state index in [0.717, 1.165) is 12.8 Å². The highest BCUT2D eigenvalue weighted by molar-refractivity contribution is 6.32. The number of amides is 1. The summed E-state index contributed by atoms with van der Waals surface area (Å²) in [7, 11) is 0. The molecule has 4 N–H and O–H groups in total. The summed E-state index contributed by atoms with van der Waals surface area (Å²) in [5, 5.41) is 12.4. The highest BCUT2D eigenvalue weighted by Crippen LogP contribution is 2.32. The van der Waals surface area contributed by atoms with Crippen LogP contribution in [-0.2, 0) is 4.79 Å². The minimum atomic E-state index is -0.0528. The zero-order chi connectivity index (χ0) is 16.0. The summed E-state index contributed by atoms with van der Waals surface area (Å²) in [6, 6.07) is 4.63. The second-order valence-electron chi connectivity index (χ2n) is 6.39. The third-order valence-corrected chi connectivity index (χ3v) is 3.99. The van der Waals surface area contributed by atoms with Crippen LogP contribution in [0.1, 0.15) is 40.0 Å². The van der Waals surface area contributed by atoms with Crippen LogP contribution in [0.25, 0.3) is 0 Å². The molecule has 0 aliphatic rings. The van der Waals surface area contributed by atoms with Crippen molar-refractivity contribution in [2.75, 3.05) is 11.9 Å². The number of nitrogens with two attached hydrogens (primary N) is 1. The van der Waals surface area contributed by atoms with E-state index in [0.29, 0.717) is 24.6 Å². The third kappa shape index (κ3) is 5.94. The molecule has 4 nitrogen and oxygen atoms in total.